The van der Waals surface area contributed by atoms with Gasteiger partial charge in [-0.25, -0.2) is 4.98 Å². The molecule has 0 aromatic carbocycles. The van der Waals surface area contributed by atoms with Gasteiger partial charge in [-0.2, -0.15) is 0 Å². The monoisotopic (exact) mass is 292 g/mol. The van der Waals surface area contributed by atoms with E-state index >= 15 is 0 Å². The van der Waals surface area contributed by atoms with Crippen LogP contribution in [0, 0.1) is 6.92 Å². The van der Waals surface area contributed by atoms with E-state index in [1.165, 1.54) is 5.56 Å². The zero-order chi connectivity index (χ0) is 15.5. The molecule has 1 N–H and O–H groups in total. The van der Waals surface area contributed by atoms with Crippen molar-refractivity contribution in [3.05, 3.63) is 48.0 Å². The first-order valence-corrected chi connectivity index (χ1v) is 7.60. The zero-order valence-corrected chi connectivity index (χ0v) is 13.2. The maximum atomic E-state index is 4.59. The van der Waals surface area contributed by atoms with Crippen molar-refractivity contribution in [1.29, 1.82) is 0 Å². The quantitative estimate of drug-likeness (QED) is 0.790. The summed E-state index contributed by atoms with van der Waals surface area (Å²) in [6, 6.07) is 6.24. The molecular formula is C18H20N4. The molecule has 3 rings (SSSR count). The number of hydrogen-bond acceptors (Lipinski definition) is 4. The van der Waals surface area contributed by atoms with Crippen LogP contribution in [0.5, 0.6) is 0 Å². The number of rotatable bonds is 4. The predicted molar refractivity (Wildman–Crippen MR) is 91.0 cm³/mol. The Morgan fingerprint density at radius 3 is 2.45 bits per heavy atom. The lowest BCUT2D eigenvalue weighted by Crippen LogP contribution is -1.95. The van der Waals surface area contributed by atoms with Crippen molar-refractivity contribution in [3.63, 3.8) is 0 Å². The maximum absolute atomic E-state index is 4.59. The number of hydrogen-bond donors (Lipinski definition) is 1. The van der Waals surface area contributed by atoms with Gasteiger partial charge in [-0.05, 0) is 37.1 Å². The summed E-state index contributed by atoms with van der Waals surface area (Å²) in [6.07, 6.45) is 7.83. The fourth-order valence-electron chi connectivity index (χ4n) is 2.60. The van der Waals surface area contributed by atoms with E-state index in [2.05, 4.69) is 46.2 Å². The van der Waals surface area contributed by atoms with Crippen molar-refractivity contribution in [2.24, 2.45) is 0 Å². The number of aromatic nitrogens is 3. The van der Waals surface area contributed by atoms with Crippen LogP contribution < -0.4 is 5.32 Å². The normalized spacial score (nSPS) is 10.9. The second-order valence-electron chi connectivity index (χ2n) is 5.48. The molecule has 0 radical (unpaired) electrons. The highest BCUT2D eigenvalue weighted by Gasteiger charge is 2.07. The smallest absolute Gasteiger partial charge is 0.126 e. The van der Waals surface area contributed by atoms with E-state index in [1.54, 1.807) is 0 Å². The third kappa shape index (κ3) is 2.77. The minimum atomic E-state index is 0.851. The fourth-order valence-corrected chi connectivity index (χ4v) is 2.60. The molecule has 3 heterocycles. The Bertz CT molecular complexity index is 811. The van der Waals surface area contributed by atoms with Crippen LogP contribution in [0.15, 0.2) is 36.8 Å². The number of anilines is 1. The average molecular weight is 292 g/mol. The third-order valence-electron chi connectivity index (χ3n) is 3.81. The molecule has 0 aliphatic heterocycles. The standard InChI is InChI=1S/C18H20N4/c1-4-5-15-6-12(2)16(11-20-15)17-7-13-10-22-18(19-3)8-14(13)9-21-17/h6-11H,4-5H2,1-3H3,(H,19,22). The highest BCUT2D eigenvalue weighted by molar-refractivity contribution is 5.86. The molecule has 0 saturated heterocycles. The van der Waals surface area contributed by atoms with Gasteiger partial charge in [0.1, 0.15) is 5.82 Å². The van der Waals surface area contributed by atoms with E-state index in [-0.39, 0.29) is 0 Å². The SMILES string of the molecule is CCCc1cc(C)c(-c2cc3cnc(NC)cc3cn2)cn1. The molecule has 0 amide bonds. The molecule has 22 heavy (non-hydrogen) atoms. The topological polar surface area (TPSA) is 50.7 Å². The molecule has 0 atom stereocenters. The molecule has 0 unspecified atom stereocenters. The summed E-state index contributed by atoms with van der Waals surface area (Å²) >= 11 is 0. The lowest BCUT2D eigenvalue weighted by Gasteiger charge is -2.08. The van der Waals surface area contributed by atoms with Crippen molar-refractivity contribution in [2.75, 3.05) is 12.4 Å². The molecule has 0 bridgehead atoms. The number of aryl methyl sites for hydroxylation is 2. The second-order valence-corrected chi connectivity index (χ2v) is 5.48. The van der Waals surface area contributed by atoms with Crippen molar-refractivity contribution in [3.8, 4) is 11.3 Å². The van der Waals surface area contributed by atoms with E-state index in [0.717, 1.165) is 46.4 Å². The van der Waals surface area contributed by atoms with Crippen LogP contribution in [-0.4, -0.2) is 22.0 Å². The Morgan fingerprint density at radius 1 is 0.955 bits per heavy atom. The number of nitrogens with zero attached hydrogens (tertiary/aromatic N) is 3. The molecule has 0 spiro atoms. The van der Waals surface area contributed by atoms with Gasteiger partial charge in [0.2, 0.25) is 0 Å². The van der Waals surface area contributed by atoms with E-state index in [0.29, 0.717) is 0 Å². The summed E-state index contributed by atoms with van der Waals surface area (Å²) in [7, 11) is 1.86. The van der Waals surface area contributed by atoms with Crippen LogP contribution in [-0.2, 0) is 6.42 Å². The number of nitrogens with one attached hydrogen (secondary N) is 1. The van der Waals surface area contributed by atoms with Gasteiger partial charge in [0.15, 0.2) is 0 Å². The van der Waals surface area contributed by atoms with Gasteiger partial charge in [-0.15, -0.1) is 0 Å². The molecule has 0 fully saturated rings. The van der Waals surface area contributed by atoms with Crippen molar-refractivity contribution in [2.45, 2.75) is 26.7 Å². The Labute approximate surface area is 130 Å². The Morgan fingerprint density at radius 2 is 1.73 bits per heavy atom. The lowest BCUT2D eigenvalue weighted by molar-refractivity contribution is 0.880. The Kier molecular flexibility index (Phi) is 4.00. The predicted octanol–water partition coefficient (Wildman–Crippen LogP) is 3.99. The van der Waals surface area contributed by atoms with E-state index in [4.69, 9.17) is 0 Å². The largest absolute Gasteiger partial charge is 0.373 e. The molecule has 3 aromatic heterocycles. The summed E-state index contributed by atoms with van der Waals surface area (Å²) in [4.78, 5) is 13.5. The van der Waals surface area contributed by atoms with Gasteiger partial charge in [0, 0.05) is 47.7 Å². The first-order chi connectivity index (χ1) is 10.7. The minimum absolute atomic E-state index is 0.851. The van der Waals surface area contributed by atoms with E-state index in [1.807, 2.05) is 31.7 Å². The van der Waals surface area contributed by atoms with Crippen LogP contribution in [0.1, 0.15) is 24.6 Å². The van der Waals surface area contributed by atoms with Crippen LogP contribution in [0.25, 0.3) is 22.0 Å². The molecule has 4 nitrogen and oxygen atoms in total. The molecule has 4 heteroatoms. The highest BCUT2D eigenvalue weighted by Crippen LogP contribution is 2.25. The van der Waals surface area contributed by atoms with E-state index < -0.39 is 0 Å². The summed E-state index contributed by atoms with van der Waals surface area (Å²) in [5.41, 5.74) is 4.38. The fraction of sp³-hybridized carbons (Fsp3) is 0.278. The van der Waals surface area contributed by atoms with Crippen LogP contribution in [0.2, 0.25) is 0 Å². The van der Waals surface area contributed by atoms with Crippen molar-refractivity contribution < 1.29 is 0 Å². The Balaban J connectivity index is 2.03. The Hall–Kier alpha value is -2.49. The summed E-state index contributed by atoms with van der Waals surface area (Å²) < 4.78 is 0. The van der Waals surface area contributed by atoms with Gasteiger partial charge in [-0.3, -0.25) is 9.97 Å². The lowest BCUT2D eigenvalue weighted by atomic mass is 10.0. The molecule has 0 aliphatic rings. The molecule has 3 aromatic rings. The first kappa shape index (κ1) is 14.4. The van der Waals surface area contributed by atoms with Gasteiger partial charge in [0.05, 0.1) is 5.69 Å². The van der Waals surface area contributed by atoms with Gasteiger partial charge < -0.3 is 5.32 Å². The van der Waals surface area contributed by atoms with Gasteiger partial charge in [0.25, 0.3) is 0 Å². The summed E-state index contributed by atoms with van der Waals surface area (Å²) in [6.45, 7) is 4.28. The van der Waals surface area contributed by atoms with E-state index in [9.17, 15) is 0 Å². The molecular weight excluding hydrogens is 272 g/mol. The zero-order valence-electron chi connectivity index (χ0n) is 13.2. The summed E-state index contributed by atoms with van der Waals surface area (Å²) in [5, 5.41) is 5.21. The van der Waals surface area contributed by atoms with Crippen molar-refractivity contribution >= 4 is 16.6 Å². The van der Waals surface area contributed by atoms with Crippen LogP contribution in [0.3, 0.4) is 0 Å². The highest BCUT2D eigenvalue weighted by atomic mass is 14.9. The summed E-state index contributed by atoms with van der Waals surface area (Å²) in [5.74, 6) is 0.851. The first-order valence-electron chi connectivity index (χ1n) is 7.60. The number of fused-ring (bicyclic) bond motifs is 1. The molecule has 0 aliphatic carbocycles. The van der Waals surface area contributed by atoms with Crippen molar-refractivity contribution in [1.82, 2.24) is 15.0 Å². The third-order valence-corrected chi connectivity index (χ3v) is 3.81. The van der Waals surface area contributed by atoms with Gasteiger partial charge >= 0.3 is 0 Å². The number of pyridine rings is 3. The molecule has 112 valence electrons. The maximum Gasteiger partial charge on any atom is 0.126 e. The molecule has 0 saturated carbocycles. The van der Waals surface area contributed by atoms with Gasteiger partial charge in [-0.1, -0.05) is 13.3 Å². The average Bonchev–Trinajstić information content (AvgIpc) is 2.54. The van der Waals surface area contributed by atoms with Crippen LogP contribution in [0.4, 0.5) is 5.82 Å². The second kappa shape index (κ2) is 6.10. The van der Waals surface area contributed by atoms with Crippen LogP contribution >= 0.6 is 0 Å². The minimum Gasteiger partial charge on any atom is -0.373 e.